The number of hydrogen-bond donors (Lipinski definition) is 2. The Morgan fingerprint density at radius 2 is 2.18 bits per heavy atom. The fraction of sp³-hybridized carbons (Fsp3) is 0.500. The van der Waals surface area contributed by atoms with Crippen LogP contribution in [0.4, 0.5) is 0 Å². The first kappa shape index (κ1) is 12.1. The Balaban J connectivity index is 1.87. The lowest BCUT2D eigenvalue weighted by atomic mass is 10.0. The third-order valence-electron chi connectivity index (χ3n) is 3.35. The molecular formula is C14H20N2O. The summed E-state index contributed by atoms with van der Waals surface area (Å²) in [6.07, 6.45) is 1.71. The zero-order valence-corrected chi connectivity index (χ0v) is 10.4. The van der Waals surface area contributed by atoms with Gasteiger partial charge >= 0.3 is 0 Å². The van der Waals surface area contributed by atoms with Crippen LogP contribution in [-0.4, -0.2) is 18.0 Å². The molecule has 0 bridgehead atoms. The fourth-order valence-corrected chi connectivity index (χ4v) is 2.09. The van der Waals surface area contributed by atoms with Gasteiger partial charge in [-0.1, -0.05) is 24.3 Å². The molecule has 92 valence electrons. The largest absolute Gasteiger partial charge is 0.353 e. The van der Waals surface area contributed by atoms with Gasteiger partial charge in [0.15, 0.2) is 0 Å². The number of nitrogens with two attached hydrogens (primary N) is 1. The zero-order valence-electron chi connectivity index (χ0n) is 10.4. The molecule has 0 heterocycles. The minimum atomic E-state index is 0.0503. The second-order valence-corrected chi connectivity index (χ2v) is 5.05. The van der Waals surface area contributed by atoms with Crippen LogP contribution in [0.15, 0.2) is 24.3 Å². The van der Waals surface area contributed by atoms with Crippen LogP contribution in [0.1, 0.15) is 24.5 Å². The van der Waals surface area contributed by atoms with Crippen LogP contribution in [0, 0.1) is 12.8 Å². The second-order valence-electron chi connectivity index (χ2n) is 5.05. The summed E-state index contributed by atoms with van der Waals surface area (Å²) in [5.74, 6) is 0.160. The van der Waals surface area contributed by atoms with Gasteiger partial charge in [-0.05, 0) is 37.8 Å². The molecule has 0 radical (unpaired) electrons. The van der Waals surface area contributed by atoms with Gasteiger partial charge in [0.1, 0.15) is 0 Å². The molecule has 2 rings (SSSR count). The first-order valence-electron chi connectivity index (χ1n) is 6.18. The molecule has 0 spiro atoms. The van der Waals surface area contributed by atoms with E-state index in [1.165, 1.54) is 11.1 Å². The van der Waals surface area contributed by atoms with Crippen molar-refractivity contribution >= 4 is 5.91 Å². The highest BCUT2D eigenvalue weighted by molar-refractivity contribution is 5.82. The standard InChI is InChI=1S/C14H20N2O/c1-9-5-3-4-6-11(9)7-10(2)16-14(17)12-8-13(12)15/h3-6,10,12-13H,7-8,15H2,1-2H3,(H,16,17). The lowest BCUT2D eigenvalue weighted by Crippen LogP contribution is -2.36. The maximum absolute atomic E-state index is 11.7. The zero-order chi connectivity index (χ0) is 12.4. The van der Waals surface area contributed by atoms with Gasteiger partial charge in [-0.25, -0.2) is 0 Å². The first-order chi connectivity index (χ1) is 8.08. The summed E-state index contributed by atoms with van der Waals surface area (Å²) < 4.78 is 0. The van der Waals surface area contributed by atoms with Crippen molar-refractivity contribution < 1.29 is 4.79 Å². The number of aryl methyl sites for hydroxylation is 1. The first-order valence-corrected chi connectivity index (χ1v) is 6.18. The number of hydrogen-bond acceptors (Lipinski definition) is 2. The van der Waals surface area contributed by atoms with Crippen molar-refractivity contribution in [3.05, 3.63) is 35.4 Å². The average Bonchev–Trinajstić information content (AvgIpc) is 2.99. The Morgan fingerprint density at radius 3 is 2.76 bits per heavy atom. The summed E-state index contributed by atoms with van der Waals surface area (Å²) >= 11 is 0. The molecule has 1 aliphatic carbocycles. The van der Waals surface area contributed by atoms with E-state index in [1.807, 2.05) is 19.1 Å². The number of amides is 1. The van der Waals surface area contributed by atoms with E-state index in [1.54, 1.807) is 0 Å². The normalized spacial score (nSPS) is 24.2. The van der Waals surface area contributed by atoms with Gasteiger partial charge in [-0.3, -0.25) is 4.79 Å². The fourth-order valence-electron chi connectivity index (χ4n) is 2.09. The molecule has 3 nitrogen and oxygen atoms in total. The third-order valence-corrected chi connectivity index (χ3v) is 3.35. The Hall–Kier alpha value is -1.35. The molecule has 1 amide bonds. The number of carbonyl (C=O) groups excluding carboxylic acids is 1. The maximum Gasteiger partial charge on any atom is 0.224 e. The Bertz CT molecular complexity index is 416. The molecule has 1 aromatic rings. The van der Waals surface area contributed by atoms with E-state index in [9.17, 15) is 4.79 Å². The van der Waals surface area contributed by atoms with Crippen molar-refractivity contribution in [1.29, 1.82) is 0 Å². The van der Waals surface area contributed by atoms with Crippen LogP contribution in [0.25, 0.3) is 0 Å². The molecular weight excluding hydrogens is 212 g/mol. The summed E-state index contributed by atoms with van der Waals surface area (Å²) in [5.41, 5.74) is 8.23. The van der Waals surface area contributed by atoms with Crippen molar-refractivity contribution in [3.63, 3.8) is 0 Å². The summed E-state index contributed by atoms with van der Waals surface area (Å²) in [7, 11) is 0. The van der Waals surface area contributed by atoms with E-state index in [-0.39, 0.29) is 23.9 Å². The molecule has 1 aromatic carbocycles. The second kappa shape index (κ2) is 4.88. The quantitative estimate of drug-likeness (QED) is 0.824. The van der Waals surface area contributed by atoms with Crippen molar-refractivity contribution in [2.45, 2.75) is 38.8 Å². The monoisotopic (exact) mass is 232 g/mol. The summed E-state index contributed by atoms with van der Waals surface area (Å²) in [6, 6.07) is 8.53. The average molecular weight is 232 g/mol. The minimum Gasteiger partial charge on any atom is -0.353 e. The molecule has 0 saturated heterocycles. The summed E-state index contributed by atoms with van der Waals surface area (Å²) in [6.45, 7) is 4.14. The van der Waals surface area contributed by atoms with Crippen LogP contribution >= 0.6 is 0 Å². The highest BCUT2D eigenvalue weighted by Gasteiger charge is 2.40. The Morgan fingerprint density at radius 1 is 1.53 bits per heavy atom. The van der Waals surface area contributed by atoms with E-state index in [0.717, 1.165) is 12.8 Å². The number of carbonyl (C=O) groups is 1. The topological polar surface area (TPSA) is 55.1 Å². The number of benzene rings is 1. The van der Waals surface area contributed by atoms with Crippen LogP contribution < -0.4 is 11.1 Å². The molecule has 1 saturated carbocycles. The van der Waals surface area contributed by atoms with Gasteiger partial charge in [0.05, 0.1) is 5.92 Å². The highest BCUT2D eigenvalue weighted by Crippen LogP contribution is 2.27. The smallest absolute Gasteiger partial charge is 0.224 e. The molecule has 3 atom stereocenters. The molecule has 0 aromatic heterocycles. The predicted molar refractivity (Wildman–Crippen MR) is 68.6 cm³/mol. The summed E-state index contributed by atoms with van der Waals surface area (Å²) in [5, 5.41) is 3.03. The van der Waals surface area contributed by atoms with Crippen molar-refractivity contribution in [2.24, 2.45) is 11.7 Å². The van der Waals surface area contributed by atoms with Gasteiger partial charge in [0.2, 0.25) is 5.91 Å². The van der Waals surface area contributed by atoms with Gasteiger partial charge in [0, 0.05) is 12.1 Å². The van der Waals surface area contributed by atoms with E-state index in [0.29, 0.717) is 0 Å². The van der Waals surface area contributed by atoms with Crippen molar-refractivity contribution in [3.8, 4) is 0 Å². The highest BCUT2D eigenvalue weighted by atomic mass is 16.2. The van der Waals surface area contributed by atoms with Gasteiger partial charge in [-0.15, -0.1) is 0 Å². The van der Waals surface area contributed by atoms with Crippen molar-refractivity contribution in [2.75, 3.05) is 0 Å². The number of nitrogens with one attached hydrogen (secondary N) is 1. The molecule has 1 fully saturated rings. The van der Waals surface area contributed by atoms with Gasteiger partial charge in [0.25, 0.3) is 0 Å². The molecule has 3 heteroatoms. The SMILES string of the molecule is Cc1ccccc1CC(C)NC(=O)C1CC1N. The molecule has 17 heavy (non-hydrogen) atoms. The maximum atomic E-state index is 11.7. The molecule has 3 unspecified atom stereocenters. The van der Waals surface area contributed by atoms with Crippen LogP contribution in [0.5, 0.6) is 0 Å². The lowest BCUT2D eigenvalue weighted by Gasteiger charge is -2.15. The molecule has 1 aliphatic rings. The minimum absolute atomic E-state index is 0.0503. The molecule has 3 N–H and O–H groups in total. The predicted octanol–water partition coefficient (Wildman–Crippen LogP) is 1.39. The van der Waals surface area contributed by atoms with Crippen molar-refractivity contribution in [1.82, 2.24) is 5.32 Å². The van der Waals surface area contributed by atoms with E-state index < -0.39 is 0 Å². The van der Waals surface area contributed by atoms with Crippen LogP contribution in [-0.2, 0) is 11.2 Å². The third kappa shape index (κ3) is 3.07. The van der Waals surface area contributed by atoms with E-state index >= 15 is 0 Å². The summed E-state index contributed by atoms with van der Waals surface area (Å²) in [4.78, 5) is 11.7. The van der Waals surface area contributed by atoms with E-state index in [2.05, 4.69) is 24.4 Å². The van der Waals surface area contributed by atoms with Gasteiger partial charge in [-0.2, -0.15) is 0 Å². The lowest BCUT2D eigenvalue weighted by molar-refractivity contribution is -0.122. The Labute approximate surface area is 102 Å². The van der Waals surface area contributed by atoms with Crippen LogP contribution in [0.2, 0.25) is 0 Å². The number of rotatable bonds is 4. The van der Waals surface area contributed by atoms with Gasteiger partial charge < -0.3 is 11.1 Å². The van der Waals surface area contributed by atoms with Crippen LogP contribution in [0.3, 0.4) is 0 Å². The van der Waals surface area contributed by atoms with E-state index in [4.69, 9.17) is 5.73 Å². The molecule has 0 aliphatic heterocycles. The Kier molecular flexibility index (Phi) is 3.48.